The molecule has 17 heavy (non-hydrogen) atoms. The molecule has 0 spiro atoms. The van der Waals surface area contributed by atoms with Gasteiger partial charge in [0, 0.05) is 17.8 Å². The van der Waals surface area contributed by atoms with Gasteiger partial charge in [-0.15, -0.1) is 0 Å². The molecule has 0 radical (unpaired) electrons. The van der Waals surface area contributed by atoms with Crippen LogP contribution in [-0.4, -0.2) is 12.1 Å². The summed E-state index contributed by atoms with van der Waals surface area (Å²) in [7, 11) is 0. The zero-order valence-corrected chi connectivity index (χ0v) is 11.1. The second-order valence-corrected chi connectivity index (χ2v) is 5.55. The molecule has 90 valence electrons. The minimum atomic E-state index is 0.204. The van der Waals surface area contributed by atoms with Crippen LogP contribution in [0.2, 0.25) is 0 Å². The van der Waals surface area contributed by atoms with Crippen molar-refractivity contribution in [3.63, 3.8) is 0 Å². The number of hydrogen-bond acceptors (Lipinski definition) is 2. The van der Waals surface area contributed by atoms with E-state index in [9.17, 15) is 0 Å². The van der Waals surface area contributed by atoms with E-state index in [4.69, 9.17) is 5.26 Å². The van der Waals surface area contributed by atoms with Crippen LogP contribution in [0.1, 0.15) is 51.2 Å². The van der Waals surface area contributed by atoms with Gasteiger partial charge in [-0.25, -0.2) is 0 Å². The number of hydrogen-bond donors (Lipinski definition) is 0. The smallest absolute Gasteiger partial charge is 0.0991 e. The maximum Gasteiger partial charge on any atom is 0.0991 e. The highest BCUT2D eigenvalue weighted by molar-refractivity contribution is 5.61. The van der Waals surface area contributed by atoms with Crippen LogP contribution in [0, 0.1) is 11.3 Å². The molecule has 0 aromatic heterocycles. The maximum absolute atomic E-state index is 8.99. The number of fused-ring (bicyclic) bond motifs is 1. The van der Waals surface area contributed by atoms with Crippen molar-refractivity contribution < 1.29 is 0 Å². The second-order valence-electron chi connectivity index (χ2n) is 5.55. The zero-order valence-electron chi connectivity index (χ0n) is 11.1. The molecule has 0 bridgehead atoms. The quantitative estimate of drug-likeness (QED) is 0.733. The highest BCUT2D eigenvalue weighted by Gasteiger charge is 2.35. The van der Waals surface area contributed by atoms with Gasteiger partial charge in [0.25, 0.3) is 0 Å². The molecule has 0 aliphatic carbocycles. The Labute approximate surface area is 104 Å². The molecule has 1 aliphatic rings. The molecule has 1 aromatic rings. The van der Waals surface area contributed by atoms with Crippen molar-refractivity contribution in [2.75, 3.05) is 11.4 Å². The molecule has 0 unspecified atom stereocenters. The van der Waals surface area contributed by atoms with E-state index >= 15 is 0 Å². The highest BCUT2D eigenvalue weighted by atomic mass is 15.2. The summed E-state index contributed by atoms with van der Waals surface area (Å²) in [6, 6.07) is 8.32. The fourth-order valence-electron chi connectivity index (χ4n) is 3.16. The lowest BCUT2D eigenvalue weighted by Crippen LogP contribution is -2.48. The Morgan fingerprint density at radius 2 is 2.18 bits per heavy atom. The molecule has 1 atom stereocenters. The van der Waals surface area contributed by atoms with Crippen LogP contribution in [0.3, 0.4) is 0 Å². The Morgan fingerprint density at radius 3 is 2.76 bits per heavy atom. The molecule has 0 amide bonds. The van der Waals surface area contributed by atoms with Crippen LogP contribution in [0.5, 0.6) is 0 Å². The lowest BCUT2D eigenvalue weighted by Gasteiger charge is -2.47. The summed E-state index contributed by atoms with van der Waals surface area (Å²) < 4.78 is 0. The van der Waals surface area contributed by atoms with Crippen molar-refractivity contribution in [3.8, 4) is 6.07 Å². The summed E-state index contributed by atoms with van der Waals surface area (Å²) in [6.07, 6.45) is 1.14. The van der Waals surface area contributed by atoms with E-state index in [-0.39, 0.29) is 5.54 Å². The lowest BCUT2D eigenvalue weighted by atomic mass is 9.79. The number of benzene rings is 1. The minimum absolute atomic E-state index is 0.204. The predicted molar refractivity (Wildman–Crippen MR) is 71.3 cm³/mol. The van der Waals surface area contributed by atoms with E-state index in [0.717, 1.165) is 18.5 Å². The first kappa shape index (κ1) is 12.0. The van der Waals surface area contributed by atoms with Crippen molar-refractivity contribution in [3.05, 3.63) is 29.3 Å². The van der Waals surface area contributed by atoms with Crippen molar-refractivity contribution in [1.29, 1.82) is 5.26 Å². The van der Waals surface area contributed by atoms with Crippen molar-refractivity contribution in [1.82, 2.24) is 0 Å². The third-order valence-electron chi connectivity index (χ3n) is 3.83. The Kier molecular flexibility index (Phi) is 2.87. The normalized spacial score (nSPS) is 21.8. The molecule has 0 saturated carbocycles. The van der Waals surface area contributed by atoms with Crippen LogP contribution in [0.15, 0.2) is 18.2 Å². The highest BCUT2D eigenvalue weighted by Crippen LogP contribution is 2.43. The monoisotopic (exact) mass is 228 g/mol. The van der Waals surface area contributed by atoms with Gasteiger partial charge in [-0.3, -0.25) is 0 Å². The first-order chi connectivity index (χ1) is 7.99. The molecule has 2 rings (SSSR count). The first-order valence-corrected chi connectivity index (χ1v) is 6.31. The lowest BCUT2D eigenvalue weighted by molar-refractivity contribution is 0.381. The molecular formula is C15H20N2. The third kappa shape index (κ3) is 1.91. The zero-order chi connectivity index (χ0) is 12.6. The van der Waals surface area contributed by atoms with E-state index in [1.54, 1.807) is 0 Å². The predicted octanol–water partition coefficient (Wildman–Crippen LogP) is 3.67. The maximum atomic E-state index is 8.99. The van der Waals surface area contributed by atoms with Crippen molar-refractivity contribution in [2.24, 2.45) is 0 Å². The molecule has 1 aliphatic heterocycles. The van der Waals surface area contributed by atoms with Gasteiger partial charge in [0.2, 0.25) is 0 Å². The fourth-order valence-corrected chi connectivity index (χ4v) is 3.16. The third-order valence-corrected chi connectivity index (χ3v) is 3.83. The van der Waals surface area contributed by atoms with Gasteiger partial charge >= 0.3 is 0 Å². The standard InChI is InChI=1S/C15H20N2/c1-5-17-14-7-6-12(10-16)8-13(14)11(2)9-15(17,3)4/h6-8,11H,5,9H2,1-4H3/t11-/m1/s1. The van der Waals surface area contributed by atoms with Gasteiger partial charge in [-0.2, -0.15) is 5.26 Å². The van der Waals surface area contributed by atoms with Crippen LogP contribution >= 0.6 is 0 Å². The number of nitriles is 1. The Morgan fingerprint density at radius 1 is 1.47 bits per heavy atom. The van der Waals surface area contributed by atoms with Crippen LogP contribution in [0.25, 0.3) is 0 Å². The summed E-state index contributed by atoms with van der Waals surface area (Å²) in [5, 5.41) is 8.99. The fraction of sp³-hybridized carbons (Fsp3) is 0.533. The molecular weight excluding hydrogens is 208 g/mol. The molecule has 0 N–H and O–H groups in total. The number of nitrogens with zero attached hydrogens (tertiary/aromatic N) is 2. The summed E-state index contributed by atoms with van der Waals surface area (Å²) >= 11 is 0. The summed E-state index contributed by atoms with van der Waals surface area (Å²) in [4.78, 5) is 2.45. The average Bonchev–Trinajstić information content (AvgIpc) is 2.28. The van der Waals surface area contributed by atoms with E-state index in [1.807, 2.05) is 6.07 Å². The van der Waals surface area contributed by atoms with Gasteiger partial charge in [-0.05, 0) is 56.9 Å². The van der Waals surface area contributed by atoms with Gasteiger partial charge in [0.05, 0.1) is 11.6 Å². The summed E-state index contributed by atoms with van der Waals surface area (Å²) in [5.41, 5.74) is 3.60. The van der Waals surface area contributed by atoms with Gasteiger partial charge < -0.3 is 4.90 Å². The molecule has 1 heterocycles. The minimum Gasteiger partial charge on any atom is -0.366 e. The van der Waals surface area contributed by atoms with E-state index in [0.29, 0.717) is 5.92 Å². The summed E-state index contributed by atoms with van der Waals surface area (Å²) in [5.74, 6) is 0.524. The molecule has 2 heteroatoms. The largest absolute Gasteiger partial charge is 0.366 e. The second kappa shape index (κ2) is 4.07. The first-order valence-electron chi connectivity index (χ1n) is 6.31. The van der Waals surface area contributed by atoms with Crippen LogP contribution < -0.4 is 4.90 Å². The molecule has 0 fully saturated rings. The molecule has 2 nitrogen and oxygen atoms in total. The van der Waals surface area contributed by atoms with Crippen molar-refractivity contribution >= 4 is 5.69 Å². The van der Waals surface area contributed by atoms with E-state index < -0.39 is 0 Å². The Balaban J connectivity index is 2.56. The van der Waals surface area contributed by atoms with E-state index in [2.05, 4.69) is 50.8 Å². The van der Waals surface area contributed by atoms with Gasteiger partial charge in [0.1, 0.15) is 0 Å². The molecule has 0 saturated heterocycles. The Hall–Kier alpha value is -1.49. The van der Waals surface area contributed by atoms with Crippen LogP contribution in [-0.2, 0) is 0 Å². The van der Waals surface area contributed by atoms with Gasteiger partial charge in [-0.1, -0.05) is 6.92 Å². The SMILES string of the molecule is CCN1c2ccc(C#N)cc2[C@H](C)CC1(C)C. The number of anilines is 1. The average molecular weight is 228 g/mol. The van der Waals surface area contributed by atoms with Gasteiger partial charge in [0.15, 0.2) is 0 Å². The van der Waals surface area contributed by atoms with E-state index in [1.165, 1.54) is 11.3 Å². The van der Waals surface area contributed by atoms with Crippen LogP contribution in [0.4, 0.5) is 5.69 Å². The summed E-state index contributed by atoms with van der Waals surface area (Å²) in [6.45, 7) is 10.1. The number of rotatable bonds is 1. The Bertz CT molecular complexity index is 468. The molecule has 1 aromatic carbocycles. The van der Waals surface area contributed by atoms with Crippen molar-refractivity contribution in [2.45, 2.75) is 45.6 Å². The topological polar surface area (TPSA) is 27.0 Å².